The second-order valence-corrected chi connectivity index (χ2v) is 15.9. The van der Waals surface area contributed by atoms with Gasteiger partial charge in [-0.15, -0.1) is 0 Å². The van der Waals surface area contributed by atoms with Gasteiger partial charge in [-0.3, -0.25) is 29.0 Å². The van der Waals surface area contributed by atoms with Gasteiger partial charge < -0.3 is 34.3 Å². The molecule has 1 aromatic heterocycles. The lowest BCUT2D eigenvalue weighted by molar-refractivity contribution is -0.137. The number of likely N-dealkylation sites (tertiary alicyclic amines) is 2. The molecule has 5 heterocycles. The molecular formula is C47H45N7O9. The number of oxazole rings is 1. The van der Waals surface area contributed by atoms with Gasteiger partial charge in [0, 0.05) is 35.6 Å². The number of amides is 6. The van der Waals surface area contributed by atoms with E-state index in [1.165, 1.54) is 14.7 Å². The summed E-state index contributed by atoms with van der Waals surface area (Å²) in [4.78, 5) is 89.3. The van der Waals surface area contributed by atoms with Crippen LogP contribution in [0.15, 0.2) is 120 Å². The van der Waals surface area contributed by atoms with Crippen molar-refractivity contribution >= 4 is 47.2 Å². The van der Waals surface area contributed by atoms with Gasteiger partial charge in [0.25, 0.3) is 0 Å². The Morgan fingerprint density at radius 2 is 1.03 bits per heavy atom. The van der Waals surface area contributed by atoms with Gasteiger partial charge in [-0.05, 0) is 85.3 Å². The number of nitrogens with zero attached hydrogens (tertiary/aromatic N) is 5. The molecule has 0 spiro atoms. The summed E-state index contributed by atoms with van der Waals surface area (Å²) in [6, 6.07) is 30.9. The third kappa shape index (κ3) is 8.69. The number of anilines is 2. The van der Waals surface area contributed by atoms with Gasteiger partial charge in [-0.1, -0.05) is 60.7 Å². The van der Waals surface area contributed by atoms with Crippen molar-refractivity contribution in [2.24, 2.45) is 0 Å². The lowest BCUT2D eigenvalue weighted by atomic mass is 10.1. The Kier molecular flexibility index (Phi) is 11.6. The summed E-state index contributed by atoms with van der Waals surface area (Å²) >= 11 is 0. The van der Waals surface area contributed by atoms with Crippen LogP contribution in [0.4, 0.5) is 21.0 Å². The van der Waals surface area contributed by atoms with Gasteiger partial charge in [0.05, 0.1) is 18.3 Å². The molecule has 16 nitrogen and oxygen atoms in total. The molecule has 4 aliphatic rings. The summed E-state index contributed by atoms with van der Waals surface area (Å²) in [6.45, 7) is 0.779. The van der Waals surface area contributed by atoms with Crippen LogP contribution in [0.5, 0.6) is 0 Å². The van der Waals surface area contributed by atoms with Crippen LogP contribution in [0, 0.1) is 0 Å². The zero-order valence-electron chi connectivity index (χ0n) is 34.3. The van der Waals surface area contributed by atoms with E-state index in [4.69, 9.17) is 13.9 Å². The fourth-order valence-corrected chi connectivity index (χ4v) is 8.71. The Morgan fingerprint density at radius 3 is 1.49 bits per heavy atom. The van der Waals surface area contributed by atoms with Crippen molar-refractivity contribution in [2.45, 2.75) is 49.9 Å². The lowest BCUT2D eigenvalue weighted by Crippen LogP contribution is -2.47. The van der Waals surface area contributed by atoms with Crippen molar-refractivity contribution in [1.82, 2.24) is 24.6 Å². The van der Waals surface area contributed by atoms with Crippen molar-refractivity contribution in [3.8, 4) is 22.8 Å². The number of hydrogen-bond donors (Lipinski definition) is 2. The first-order valence-electron chi connectivity index (χ1n) is 21.0. The summed E-state index contributed by atoms with van der Waals surface area (Å²) in [5.74, 6) is -0.373. The van der Waals surface area contributed by atoms with Gasteiger partial charge in [-0.25, -0.2) is 14.6 Å². The maximum absolute atomic E-state index is 13.5. The van der Waals surface area contributed by atoms with E-state index in [0.29, 0.717) is 67.4 Å². The fraction of sp³-hybridized carbons (Fsp3) is 0.298. The first-order chi connectivity index (χ1) is 30.7. The van der Waals surface area contributed by atoms with Gasteiger partial charge >= 0.3 is 12.2 Å². The Morgan fingerprint density at radius 1 is 0.587 bits per heavy atom. The summed E-state index contributed by atoms with van der Waals surface area (Å²) in [5, 5.41) is 5.86. The van der Waals surface area contributed by atoms with Crippen LogP contribution in [0.1, 0.15) is 48.9 Å². The van der Waals surface area contributed by atoms with Crippen molar-refractivity contribution in [3.05, 3.63) is 127 Å². The molecule has 0 aliphatic carbocycles. The molecule has 4 aliphatic heterocycles. The highest BCUT2D eigenvalue weighted by Gasteiger charge is 2.41. The van der Waals surface area contributed by atoms with Gasteiger partial charge in [0.1, 0.15) is 38.4 Å². The van der Waals surface area contributed by atoms with Gasteiger partial charge in [-0.2, -0.15) is 0 Å². The summed E-state index contributed by atoms with van der Waals surface area (Å²) in [5.41, 5.74) is 4.25. The fourth-order valence-electron chi connectivity index (χ4n) is 8.71. The topological polar surface area (TPSA) is 184 Å². The predicted molar refractivity (Wildman–Crippen MR) is 229 cm³/mol. The maximum Gasteiger partial charge on any atom is 0.410 e. The number of rotatable bonds is 12. The highest BCUT2D eigenvalue weighted by atomic mass is 16.6. The number of nitrogens with one attached hydrogen (secondary N) is 2. The van der Waals surface area contributed by atoms with Crippen molar-refractivity contribution in [3.63, 3.8) is 0 Å². The molecule has 6 amide bonds. The molecule has 4 saturated heterocycles. The number of benzene rings is 4. The predicted octanol–water partition coefficient (Wildman–Crippen LogP) is 6.25. The van der Waals surface area contributed by atoms with Crippen LogP contribution < -0.4 is 10.6 Å². The smallest absolute Gasteiger partial charge is 0.410 e. The molecule has 5 aromatic rings. The van der Waals surface area contributed by atoms with Crippen LogP contribution in [0.2, 0.25) is 0 Å². The Bertz CT molecular complexity index is 2330. The largest absolute Gasteiger partial charge is 0.447 e. The molecule has 63 heavy (non-hydrogen) atoms. The zero-order chi connectivity index (χ0) is 43.5. The third-order valence-corrected chi connectivity index (χ3v) is 12.0. The minimum atomic E-state index is -0.677. The standard InChI is InChI=1S/C47H45N7O9/c55-41(26-53-38(28-61-46(53)59)30-9-3-1-4-10-30)51-23-7-13-36(51)43(57)49-34-19-15-32(16-20-34)40-25-48-45(63-40)33-17-21-35(22-18-33)50-44(58)37-14-8-24-52(37)42(56)27-54-39(29-62-47(54)60)31-11-5-2-6-12-31/h1-6,9-12,15-22,25,36-39H,7-8,13-14,23-24,26-29H2,(H,49,57)(H,50,58)/t36?,37?,38-,39-/m0/s1. The number of aromatic nitrogens is 1. The molecule has 2 unspecified atom stereocenters. The van der Waals surface area contributed by atoms with E-state index in [1.54, 1.807) is 59.6 Å². The van der Waals surface area contributed by atoms with Crippen molar-refractivity contribution in [2.75, 3.05) is 50.0 Å². The van der Waals surface area contributed by atoms with E-state index in [1.807, 2.05) is 60.7 Å². The number of carbonyl (C=O) groups is 6. The SMILES string of the molecule is O=C(Nc1ccc(-c2cnc(-c3ccc(NC(=O)C4CCCN4C(=O)CN4C(=O)OC[C@H]4c4ccccc4)cc3)o2)cc1)C1CCCN1C(=O)CN1C(=O)OC[C@H]1c1ccccc1. The Hall–Kier alpha value is -7.49. The third-order valence-electron chi connectivity index (χ3n) is 12.0. The summed E-state index contributed by atoms with van der Waals surface area (Å²) in [6.07, 6.45) is 2.84. The van der Waals surface area contributed by atoms with Crippen LogP contribution in [0.25, 0.3) is 22.8 Å². The summed E-state index contributed by atoms with van der Waals surface area (Å²) in [7, 11) is 0. The van der Waals surface area contributed by atoms with E-state index in [2.05, 4.69) is 15.6 Å². The zero-order valence-corrected chi connectivity index (χ0v) is 34.3. The highest BCUT2D eigenvalue weighted by Crippen LogP contribution is 2.32. The molecule has 4 aromatic carbocycles. The number of ether oxygens (including phenoxy) is 2. The molecule has 9 rings (SSSR count). The quantitative estimate of drug-likeness (QED) is 0.145. The van der Waals surface area contributed by atoms with E-state index in [9.17, 15) is 28.8 Å². The average Bonchev–Trinajstić information content (AvgIpc) is 4.17. The summed E-state index contributed by atoms with van der Waals surface area (Å²) < 4.78 is 16.6. The van der Waals surface area contributed by atoms with Crippen molar-refractivity contribution < 1.29 is 42.7 Å². The Balaban J connectivity index is 0.773. The van der Waals surface area contributed by atoms with Crippen LogP contribution in [-0.4, -0.2) is 112 Å². The normalized spacial score (nSPS) is 20.8. The Labute approximate surface area is 362 Å². The van der Waals surface area contributed by atoms with E-state index in [0.717, 1.165) is 16.7 Å². The molecule has 322 valence electrons. The average molecular weight is 852 g/mol. The molecule has 16 heteroatoms. The lowest BCUT2D eigenvalue weighted by Gasteiger charge is -2.27. The second kappa shape index (κ2) is 17.8. The second-order valence-electron chi connectivity index (χ2n) is 15.9. The minimum Gasteiger partial charge on any atom is -0.447 e. The molecule has 0 radical (unpaired) electrons. The minimum absolute atomic E-state index is 0.158. The van der Waals surface area contributed by atoms with Crippen LogP contribution in [0.3, 0.4) is 0 Å². The highest BCUT2D eigenvalue weighted by molar-refractivity contribution is 5.99. The monoisotopic (exact) mass is 851 g/mol. The number of carbonyl (C=O) groups excluding carboxylic acids is 6. The number of hydrogen-bond acceptors (Lipinski definition) is 10. The molecule has 4 fully saturated rings. The van der Waals surface area contributed by atoms with Gasteiger partial charge in [0.2, 0.25) is 29.5 Å². The molecule has 0 saturated carbocycles. The van der Waals surface area contributed by atoms with Crippen molar-refractivity contribution in [1.29, 1.82) is 0 Å². The molecule has 4 atom stereocenters. The first-order valence-corrected chi connectivity index (χ1v) is 21.0. The first kappa shape index (κ1) is 40.9. The van der Waals surface area contributed by atoms with E-state index >= 15 is 0 Å². The van der Waals surface area contributed by atoms with Gasteiger partial charge in [0.15, 0.2) is 5.76 Å². The maximum atomic E-state index is 13.5. The number of cyclic esters (lactones) is 2. The molecule has 0 bridgehead atoms. The van der Waals surface area contributed by atoms with Crippen LogP contribution >= 0.6 is 0 Å². The van der Waals surface area contributed by atoms with E-state index in [-0.39, 0.29) is 62.0 Å². The van der Waals surface area contributed by atoms with Crippen LogP contribution in [-0.2, 0) is 28.7 Å². The molecular weight excluding hydrogens is 807 g/mol. The molecule has 2 N–H and O–H groups in total. The van der Waals surface area contributed by atoms with E-state index < -0.39 is 24.3 Å².